The number of para-hydroxylation sites is 1. The summed E-state index contributed by atoms with van der Waals surface area (Å²) in [5.74, 6) is 0. The molecule has 0 saturated carbocycles. The minimum atomic E-state index is -0.539. The Morgan fingerprint density at radius 2 is 0.732 bits per heavy atom. The Balaban J connectivity index is 1.12. The quantitative estimate of drug-likeness (QED) is 0.156. The van der Waals surface area contributed by atoms with Crippen LogP contribution in [-0.4, -0.2) is 0 Å². The Bertz CT molecular complexity index is 4130. The molecule has 0 unspecified atom stereocenters. The summed E-state index contributed by atoms with van der Waals surface area (Å²) in [6.45, 7) is 4.79. The largest absolute Gasteiger partial charge is 0.309 e. The van der Waals surface area contributed by atoms with Gasteiger partial charge in [-0.05, 0) is 141 Å². The summed E-state index contributed by atoms with van der Waals surface area (Å²) < 4.78 is 0. The van der Waals surface area contributed by atoms with Gasteiger partial charge < -0.3 is 4.90 Å². The second kappa shape index (κ2) is 14.9. The zero-order chi connectivity index (χ0) is 47.0. The van der Waals surface area contributed by atoms with E-state index in [-0.39, 0.29) is 5.41 Å². The van der Waals surface area contributed by atoms with Gasteiger partial charge in [-0.3, -0.25) is 0 Å². The van der Waals surface area contributed by atoms with Crippen molar-refractivity contribution < 1.29 is 0 Å². The van der Waals surface area contributed by atoms with Gasteiger partial charge in [-0.15, -0.1) is 0 Å². The number of fused-ring (bicyclic) bond motifs is 19. The molecule has 0 heterocycles. The molecule has 0 N–H and O–H groups in total. The van der Waals surface area contributed by atoms with Gasteiger partial charge in [-0.1, -0.05) is 232 Å². The van der Waals surface area contributed by atoms with Crippen LogP contribution in [0.4, 0.5) is 17.1 Å². The van der Waals surface area contributed by atoms with Crippen molar-refractivity contribution in [2.75, 3.05) is 4.90 Å². The summed E-state index contributed by atoms with van der Waals surface area (Å²) in [4.78, 5) is 2.61. The van der Waals surface area contributed by atoms with Crippen LogP contribution in [0.25, 0.3) is 88.0 Å². The van der Waals surface area contributed by atoms with Crippen LogP contribution < -0.4 is 4.90 Å². The van der Waals surface area contributed by atoms with Crippen molar-refractivity contribution in [3.63, 3.8) is 0 Å². The van der Waals surface area contributed by atoms with E-state index in [1.807, 2.05) is 0 Å². The van der Waals surface area contributed by atoms with E-state index in [9.17, 15) is 0 Å². The molecule has 1 nitrogen and oxygen atoms in total. The Morgan fingerprint density at radius 1 is 0.268 bits per heavy atom. The molecule has 1 spiro atoms. The van der Waals surface area contributed by atoms with Gasteiger partial charge in [0.2, 0.25) is 0 Å². The average Bonchev–Trinajstić information content (AvgIpc) is 3.99. The maximum absolute atomic E-state index is 2.61. The first-order valence-corrected chi connectivity index (χ1v) is 25.0. The van der Waals surface area contributed by atoms with Gasteiger partial charge in [0.25, 0.3) is 0 Å². The molecule has 3 aliphatic carbocycles. The molecule has 0 atom stereocenters. The van der Waals surface area contributed by atoms with Crippen molar-refractivity contribution in [1.82, 2.24) is 0 Å². The highest BCUT2D eigenvalue weighted by atomic mass is 15.1. The third kappa shape index (κ3) is 5.41. The number of hydrogen-bond acceptors (Lipinski definition) is 1. The fourth-order valence-corrected chi connectivity index (χ4v) is 13.5. The Hall–Kier alpha value is -8.78. The van der Waals surface area contributed by atoms with Gasteiger partial charge in [0, 0.05) is 22.2 Å². The minimum absolute atomic E-state index is 0.172. The van der Waals surface area contributed by atoms with Crippen molar-refractivity contribution in [2.24, 2.45) is 0 Å². The van der Waals surface area contributed by atoms with Gasteiger partial charge in [-0.2, -0.15) is 0 Å². The molecule has 71 heavy (non-hydrogen) atoms. The number of nitrogens with zero attached hydrogens (tertiary/aromatic N) is 1. The number of hydrogen-bond donors (Lipinski definition) is 0. The maximum Gasteiger partial charge on any atom is 0.0726 e. The summed E-state index contributed by atoms with van der Waals surface area (Å²) in [6.07, 6.45) is 0. The Morgan fingerprint density at radius 3 is 1.37 bits per heavy atom. The van der Waals surface area contributed by atoms with E-state index in [0.717, 1.165) is 17.1 Å². The highest BCUT2D eigenvalue weighted by Crippen LogP contribution is 2.65. The third-order valence-corrected chi connectivity index (χ3v) is 16.5. The van der Waals surface area contributed by atoms with Crippen molar-refractivity contribution in [3.05, 3.63) is 282 Å². The lowest BCUT2D eigenvalue weighted by Crippen LogP contribution is -2.26. The van der Waals surface area contributed by atoms with Gasteiger partial charge in [0.1, 0.15) is 0 Å². The first kappa shape index (κ1) is 40.1. The van der Waals surface area contributed by atoms with E-state index in [1.54, 1.807) is 0 Å². The lowest BCUT2D eigenvalue weighted by atomic mass is 9.70. The van der Waals surface area contributed by atoms with E-state index < -0.39 is 5.41 Å². The second-order valence-electron chi connectivity index (χ2n) is 20.2. The Labute approximate surface area is 414 Å². The molecule has 12 aromatic rings. The van der Waals surface area contributed by atoms with E-state index in [2.05, 4.69) is 267 Å². The van der Waals surface area contributed by atoms with Gasteiger partial charge >= 0.3 is 0 Å². The van der Waals surface area contributed by atoms with Crippen LogP contribution in [0.5, 0.6) is 0 Å². The average molecular weight is 902 g/mol. The first-order valence-electron chi connectivity index (χ1n) is 25.0. The molecule has 0 radical (unpaired) electrons. The molecule has 1 heteroatoms. The smallest absolute Gasteiger partial charge is 0.0726 e. The van der Waals surface area contributed by atoms with Crippen LogP contribution in [0, 0.1) is 0 Å². The van der Waals surface area contributed by atoms with Crippen molar-refractivity contribution in [3.8, 4) is 55.6 Å². The van der Waals surface area contributed by atoms with Gasteiger partial charge in [0.05, 0.1) is 16.8 Å². The van der Waals surface area contributed by atoms with Crippen LogP contribution in [0.15, 0.2) is 249 Å². The van der Waals surface area contributed by atoms with E-state index in [0.29, 0.717) is 0 Å². The fourth-order valence-electron chi connectivity index (χ4n) is 13.5. The molecule has 0 aliphatic heterocycles. The van der Waals surface area contributed by atoms with Crippen LogP contribution in [0.3, 0.4) is 0 Å². The second-order valence-corrected chi connectivity index (χ2v) is 20.2. The molecule has 15 rings (SSSR count). The molecular weight excluding hydrogens is 855 g/mol. The summed E-state index contributed by atoms with van der Waals surface area (Å²) in [5.41, 5.74) is 23.3. The topological polar surface area (TPSA) is 3.24 Å². The highest BCUT2D eigenvalue weighted by molar-refractivity contribution is 6.26. The zero-order valence-electron chi connectivity index (χ0n) is 39.6. The molecule has 332 valence electrons. The lowest BCUT2D eigenvalue weighted by molar-refractivity contribution is 0.660. The molecule has 0 fully saturated rings. The van der Waals surface area contributed by atoms with Crippen LogP contribution >= 0.6 is 0 Å². The standard InChI is InChI=1S/C70H47N/c1-69(2)60-33-15-13-31-56(60)68-55(32-20-37-64(68)69)59-42-58-54-30-12-18-36-63(54)70(61-34-16-10-28-52(61)53-29-11-17-35-62(53)70)65(58)43-67(59)71(66-38-19-14-23-46(66)44-21-4-3-5-22-44)45-39-40-51-49-26-7-6-24-47(49)48-25-8-9-27-50(48)57(51)41-45/h3-43H,1-2H3. The minimum Gasteiger partial charge on any atom is -0.309 e. The van der Waals surface area contributed by atoms with Crippen LogP contribution in [-0.2, 0) is 10.8 Å². The maximum atomic E-state index is 2.61. The molecule has 0 amide bonds. The Kier molecular flexibility index (Phi) is 8.40. The predicted molar refractivity (Wildman–Crippen MR) is 298 cm³/mol. The van der Waals surface area contributed by atoms with Gasteiger partial charge in [0.15, 0.2) is 0 Å². The third-order valence-electron chi connectivity index (χ3n) is 16.5. The van der Waals surface area contributed by atoms with Crippen LogP contribution in [0.2, 0.25) is 0 Å². The highest BCUT2D eigenvalue weighted by Gasteiger charge is 2.52. The summed E-state index contributed by atoms with van der Waals surface area (Å²) in [5, 5.41) is 7.55. The number of benzene rings is 12. The molecule has 0 bridgehead atoms. The van der Waals surface area contributed by atoms with Crippen LogP contribution in [0.1, 0.15) is 47.2 Å². The summed E-state index contributed by atoms with van der Waals surface area (Å²) >= 11 is 0. The zero-order valence-corrected chi connectivity index (χ0v) is 39.6. The van der Waals surface area contributed by atoms with E-state index >= 15 is 0 Å². The normalized spacial score (nSPS) is 14.0. The molecule has 0 saturated heterocycles. The van der Waals surface area contributed by atoms with Crippen molar-refractivity contribution >= 4 is 49.4 Å². The van der Waals surface area contributed by atoms with Crippen molar-refractivity contribution in [2.45, 2.75) is 24.7 Å². The van der Waals surface area contributed by atoms with Gasteiger partial charge in [-0.25, -0.2) is 0 Å². The monoisotopic (exact) mass is 901 g/mol. The van der Waals surface area contributed by atoms with Crippen molar-refractivity contribution in [1.29, 1.82) is 0 Å². The predicted octanol–water partition coefficient (Wildman–Crippen LogP) is 18.6. The number of anilines is 3. The number of rotatable bonds is 5. The van der Waals surface area contributed by atoms with E-state index in [4.69, 9.17) is 0 Å². The summed E-state index contributed by atoms with van der Waals surface area (Å²) in [6, 6.07) is 93.9. The lowest BCUT2D eigenvalue weighted by Gasteiger charge is -2.34. The molecule has 3 aliphatic rings. The molecule has 12 aromatic carbocycles. The fraction of sp³-hybridized carbons (Fsp3) is 0.0571. The first-order chi connectivity index (χ1) is 35.0. The molecular formula is C70H47N. The summed E-state index contributed by atoms with van der Waals surface area (Å²) in [7, 11) is 0. The SMILES string of the molecule is CC1(C)c2ccccc2-c2c(-c3cc4c(cc3N(c3ccc5c6ccccc6c6ccccc6c5c3)c3ccccc3-c3ccccc3)C3(c5ccccc5-c5ccccc53)c3ccccc3-4)cccc21. The molecule has 0 aromatic heterocycles. The van der Waals surface area contributed by atoms with E-state index in [1.165, 1.54) is 121 Å².